The number of halogens is 15. The molecular formula is C18H9F15N2O4. The molecule has 1 aromatic heterocycles. The summed E-state index contributed by atoms with van der Waals surface area (Å²) in [6, 6.07) is 3.94. The highest BCUT2D eigenvalue weighted by atomic mass is 19.4. The van der Waals surface area contributed by atoms with Gasteiger partial charge < -0.3 is 9.84 Å². The van der Waals surface area contributed by atoms with Crippen molar-refractivity contribution in [1.82, 2.24) is 9.97 Å². The summed E-state index contributed by atoms with van der Waals surface area (Å²) in [6.07, 6.45) is -33.2. The van der Waals surface area contributed by atoms with E-state index in [1.54, 1.807) is 0 Å². The van der Waals surface area contributed by atoms with Gasteiger partial charge in [-0.15, -0.1) is 0 Å². The Balaban J connectivity index is 2.12. The summed E-state index contributed by atoms with van der Waals surface area (Å²) < 4.78 is 203. The van der Waals surface area contributed by atoms with E-state index in [1.165, 1.54) is 4.74 Å². The molecule has 220 valence electrons. The molecule has 0 amide bonds. The number of benzene rings is 1. The summed E-state index contributed by atoms with van der Waals surface area (Å²) in [5.41, 5.74) is 0.183. The monoisotopic (exact) mass is 602 g/mol. The van der Waals surface area contributed by atoms with Crippen LogP contribution in [0.4, 0.5) is 65.9 Å². The highest BCUT2D eigenvalue weighted by Gasteiger charge is 2.85. The maximum atomic E-state index is 13.7. The Bertz CT molecular complexity index is 1120. The van der Waals surface area contributed by atoms with Crippen LogP contribution in [0, 0.1) is 0 Å². The molecule has 0 saturated carbocycles. The summed E-state index contributed by atoms with van der Waals surface area (Å²) in [6.45, 7) is -2.38. The lowest BCUT2D eigenvalue weighted by Crippen LogP contribution is -2.64. The topological polar surface area (TPSA) is 73.7 Å². The van der Waals surface area contributed by atoms with Gasteiger partial charge in [0, 0.05) is 5.56 Å². The van der Waals surface area contributed by atoms with E-state index in [-0.39, 0.29) is 17.1 Å². The van der Waals surface area contributed by atoms with Gasteiger partial charge in [-0.25, -0.2) is 19.4 Å². The Morgan fingerprint density at radius 3 is 1.54 bits per heavy atom. The zero-order chi connectivity index (χ0) is 30.3. The number of rotatable bonds is 11. The van der Waals surface area contributed by atoms with Crippen molar-refractivity contribution in [3.05, 3.63) is 36.7 Å². The molecule has 21 heteroatoms. The fourth-order valence-corrected chi connectivity index (χ4v) is 2.26. The Kier molecular flexibility index (Phi) is 8.25. The number of ether oxygens (including phenoxy) is 3. The molecule has 1 aromatic carbocycles. The maximum absolute atomic E-state index is 13.7. The van der Waals surface area contributed by atoms with Gasteiger partial charge in [0.2, 0.25) is 0 Å². The molecule has 1 N–H and O–H groups in total. The first-order chi connectivity index (χ1) is 17.4. The molecule has 0 spiro atoms. The fraction of sp³-hybridized carbons (Fsp3) is 0.444. The number of nitrogens with zero attached hydrogens (tertiary/aromatic N) is 2. The van der Waals surface area contributed by atoms with Gasteiger partial charge in [0.25, 0.3) is 0 Å². The molecule has 1 heterocycles. The van der Waals surface area contributed by atoms with Crippen molar-refractivity contribution in [2.45, 2.75) is 42.5 Å². The predicted octanol–water partition coefficient (Wildman–Crippen LogP) is 6.47. The SMILES string of the molecule is Oc1cnc(-c2ccc(OCC(F)(F)OC(F)(F)C(F)(F)OC(F)(F)C(F)(F)C(F)(F)C(F)(F)F)cc2)nc1. The Labute approximate surface area is 204 Å². The van der Waals surface area contributed by atoms with Gasteiger partial charge in [-0.2, -0.15) is 65.9 Å². The van der Waals surface area contributed by atoms with Crippen LogP contribution in [0.25, 0.3) is 11.4 Å². The van der Waals surface area contributed by atoms with Crippen LogP contribution in [0.5, 0.6) is 11.5 Å². The molecule has 0 aliphatic carbocycles. The Hall–Kier alpha value is -3.23. The van der Waals surface area contributed by atoms with Crippen LogP contribution in [0.15, 0.2) is 36.7 Å². The van der Waals surface area contributed by atoms with Gasteiger partial charge >= 0.3 is 42.5 Å². The minimum absolute atomic E-state index is 0.00902. The van der Waals surface area contributed by atoms with E-state index in [2.05, 4.69) is 19.4 Å². The van der Waals surface area contributed by atoms with Crippen molar-refractivity contribution in [2.75, 3.05) is 6.61 Å². The minimum atomic E-state index is -7.93. The minimum Gasteiger partial charge on any atom is -0.505 e. The lowest BCUT2D eigenvalue weighted by atomic mass is 10.1. The maximum Gasteiger partial charge on any atom is 0.460 e. The lowest BCUT2D eigenvalue weighted by molar-refractivity contribution is -0.542. The summed E-state index contributed by atoms with van der Waals surface area (Å²) in [4.78, 5) is 7.37. The average molecular weight is 602 g/mol. The number of hydrogen-bond acceptors (Lipinski definition) is 6. The molecule has 39 heavy (non-hydrogen) atoms. The first kappa shape index (κ1) is 32.0. The molecule has 0 atom stereocenters. The second-order valence-corrected chi connectivity index (χ2v) is 7.12. The normalized spacial score (nSPS) is 14.4. The van der Waals surface area contributed by atoms with Crippen LogP contribution < -0.4 is 4.74 Å². The molecule has 0 aliphatic rings. The third kappa shape index (κ3) is 6.68. The van der Waals surface area contributed by atoms with Crippen LogP contribution in [0.3, 0.4) is 0 Å². The molecule has 0 fully saturated rings. The second kappa shape index (κ2) is 10.1. The largest absolute Gasteiger partial charge is 0.505 e. The van der Waals surface area contributed by atoms with Gasteiger partial charge in [0.15, 0.2) is 18.2 Å². The second-order valence-electron chi connectivity index (χ2n) is 7.12. The van der Waals surface area contributed by atoms with E-state index in [9.17, 15) is 65.9 Å². The third-order valence-electron chi connectivity index (χ3n) is 4.15. The van der Waals surface area contributed by atoms with E-state index >= 15 is 0 Å². The van der Waals surface area contributed by atoms with Crippen molar-refractivity contribution < 1.29 is 85.2 Å². The quantitative estimate of drug-likeness (QED) is 0.298. The van der Waals surface area contributed by atoms with Gasteiger partial charge in [-0.05, 0) is 24.3 Å². The number of aromatic hydroxyl groups is 1. The summed E-state index contributed by atoms with van der Waals surface area (Å²) in [7, 11) is 0. The van der Waals surface area contributed by atoms with Gasteiger partial charge in [-0.3, -0.25) is 0 Å². The van der Waals surface area contributed by atoms with Crippen LogP contribution in [-0.4, -0.2) is 64.1 Å². The van der Waals surface area contributed by atoms with Crippen LogP contribution in [0.2, 0.25) is 0 Å². The van der Waals surface area contributed by atoms with Crippen molar-refractivity contribution in [1.29, 1.82) is 0 Å². The average Bonchev–Trinajstić information content (AvgIpc) is 2.76. The molecule has 0 unspecified atom stereocenters. The summed E-state index contributed by atoms with van der Waals surface area (Å²) in [5, 5.41) is 9.10. The molecular weight excluding hydrogens is 593 g/mol. The van der Waals surface area contributed by atoms with Gasteiger partial charge in [0.1, 0.15) is 5.75 Å². The highest BCUT2D eigenvalue weighted by molar-refractivity contribution is 5.56. The third-order valence-corrected chi connectivity index (χ3v) is 4.15. The van der Waals surface area contributed by atoms with Gasteiger partial charge in [0.05, 0.1) is 12.4 Å². The Morgan fingerprint density at radius 1 is 0.615 bits per heavy atom. The molecule has 2 rings (SSSR count). The fourth-order valence-electron chi connectivity index (χ4n) is 2.26. The summed E-state index contributed by atoms with van der Waals surface area (Å²) in [5.74, 6) is -16.7. The van der Waals surface area contributed by atoms with Crippen molar-refractivity contribution in [3.8, 4) is 22.9 Å². The highest BCUT2D eigenvalue weighted by Crippen LogP contribution is 2.56. The van der Waals surface area contributed by atoms with Crippen molar-refractivity contribution >= 4 is 0 Å². The van der Waals surface area contributed by atoms with E-state index in [4.69, 9.17) is 5.11 Å². The number of hydrogen-bond donors (Lipinski definition) is 1. The Morgan fingerprint density at radius 2 is 1.08 bits per heavy atom. The van der Waals surface area contributed by atoms with Crippen molar-refractivity contribution in [2.24, 2.45) is 0 Å². The van der Waals surface area contributed by atoms with E-state index in [1.807, 2.05) is 0 Å². The van der Waals surface area contributed by atoms with Crippen LogP contribution in [0.1, 0.15) is 0 Å². The van der Waals surface area contributed by atoms with E-state index in [0.717, 1.165) is 36.7 Å². The van der Waals surface area contributed by atoms with Crippen molar-refractivity contribution in [3.63, 3.8) is 0 Å². The lowest BCUT2D eigenvalue weighted by Gasteiger charge is -2.36. The first-order valence-electron chi connectivity index (χ1n) is 9.33. The summed E-state index contributed by atoms with van der Waals surface area (Å²) >= 11 is 0. The molecule has 2 aromatic rings. The number of aromatic nitrogens is 2. The first-order valence-corrected chi connectivity index (χ1v) is 9.33. The standard InChI is InChI=1S/C18H9F15N2O4/c19-12(20,7-37-10-3-1-8(2-4-10)11-34-5-9(36)6-35-11)38-17(30,31)18(32,33)39-16(28,29)14(23,24)13(21,22)15(25,26)27/h1-6,36H,7H2. The zero-order valence-electron chi connectivity index (χ0n) is 17.9. The molecule has 0 bridgehead atoms. The smallest absolute Gasteiger partial charge is 0.460 e. The molecule has 0 radical (unpaired) electrons. The van der Waals surface area contributed by atoms with Gasteiger partial charge in [-0.1, -0.05) is 0 Å². The van der Waals surface area contributed by atoms with E-state index in [0.29, 0.717) is 0 Å². The molecule has 0 aliphatic heterocycles. The zero-order valence-corrected chi connectivity index (χ0v) is 17.9. The van der Waals surface area contributed by atoms with E-state index < -0.39 is 54.8 Å². The van der Waals surface area contributed by atoms with Crippen LogP contribution >= 0.6 is 0 Å². The predicted molar refractivity (Wildman–Crippen MR) is 92.5 cm³/mol. The molecule has 6 nitrogen and oxygen atoms in total. The van der Waals surface area contributed by atoms with Crippen LogP contribution in [-0.2, 0) is 9.47 Å². The number of alkyl halides is 15. The molecule has 0 saturated heterocycles.